The number of ether oxygens (including phenoxy) is 3. The van der Waals surface area contributed by atoms with E-state index in [4.69, 9.17) is 14.2 Å². The van der Waals surface area contributed by atoms with Gasteiger partial charge in [-0.25, -0.2) is 0 Å². The van der Waals surface area contributed by atoms with Gasteiger partial charge in [0.1, 0.15) is 12.7 Å². The SMILES string of the molecule is CCN(C[C@@H](COc1nsnc1N1CCOCC1)OC(C)(C)C)C(C)(C)C. The van der Waals surface area contributed by atoms with Crippen LogP contribution in [-0.2, 0) is 9.47 Å². The summed E-state index contributed by atoms with van der Waals surface area (Å²) >= 11 is 1.19. The molecule has 0 aromatic carbocycles. The van der Waals surface area contributed by atoms with Crippen LogP contribution in [0.25, 0.3) is 0 Å². The monoisotopic (exact) mass is 400 g/mol. The fraction of sp³-hybridized carbons (Fsp3) is 0.895. The minimum Gasteiger partial charge on any atom is -0.472 e. The smallest absolute Gasteiger partial charge is 0.270 e. The number of aromatic nitrogens is 2. The van der Waals surface area contributed by atoms with Crippen molar-refractivity contribution in [2.24, 2.45) is 0 Å². The van der Waals surface area contributed by atoms with E-state index in [1.807, 2.05) is 0 Å². The predicted molar refractivity (Wildman–Crippen MR) is 110 cm³/mol. The third-order valence-corrected chi connectivity index (χ3v) is 4.94. The van der Waals surface area contributed by atoms with Gasteiger partial charge in [-0.15, -0.1) is 4.37 Å². The minimum absolute atomic E-state index is 0.0524. The first-order chi connectivity index (χ1) is 12.6. The lowest BCUT2D eigenvalue weighted by molar-refractivity contribution is -0.0942. The molecule has 7 nitrogen and oxygen atoms in total. The predicted octanol–water partition coefficient (Wildman–Crippen LogP) is 3.06. The van der Waals surface area contributed by atoms with Crippen LogP contribution in [0.15, 0.2) is 0 Å². The van der Waals surface area contributed by atoms with Crippen LogP contribution in [0.1, 0.15) is 48.5 Å². The highest BCUT2D eigenvalue weighted by Crippen LogP contribution is 2.27. The van der Waals surface area contributed by atoms with Crippen LogP contribution >= 0.6 is 11.7 Å². The highest BCUT2D eigenvalue weighted by molar-refractivity contribution is 6.99. The quantitative estimate of drug-likeness (QED) is 0.664. The van der Waals surface area contributed by atoms with Crippen molar-refractivity contribution < 1.29 is 14.2 Å². The number of hydrogen-bond donors (Lipinski definition) is 0. The fourth-order valence-electron chi connectivity index (χ4n) is 3.15. The molecule has 2 heterocycles. The lowest BCUT2D eigenvalue weighted by Gasteiger charge is -2.38. The van der Waals surface area contributed by atoms with Crippen molar-refractivity contribution in [1.82, 2.24) is 13.6 Å². The minimum atomic E-state index is -0.237. The lowest BCUT2D eigenvalue weighted by Crippen LogP contribution is -2.48. The summed E-state index contributed by atoms with van der Waals surface area (Å²) < 4.78 is 26.6. The van der Waals surface area contributed by atoms with Crippen molar-refractivity contribution in [3.05, 3.63) is 0 Å². The zero-order valence-electron chi connectivity index (χ0n) is 17.9. The summed E-state index contributed by atoms with van der Waals surface area (Å²) in [5.41, 5.74) is -0.159. The molecular weight excluding hydrogens is 364 g/mol. The molecule has 27 heavy (non-hydrogen) atoms. The van der Waals surface area contributed by atoms with E-state index in [-0.39, 0.29) is 17.2 Å². The molecule has 1 aromatic rings. The Morgan fingerprint density at radius 3 is 2.37 bits per heavy atom. The van der Waals surface area contributed by atoms with Gasteiger partial charge in [0.25, 0.3) is 5.88 Å². The summed E-state index contributed by atoms with van der Waals surface area (Å²) in [5.74, 6) is 1.42. The first-order valence-electron chi connectivity index (χ1n) is 9.81. The van der Waals surface area contributed by atoms with Gasteiger partial charge in [-0.2, -0.15) is 4.37 Å². The number of hydrogen-bond acceptors (Lipinski definition) is 8. The molecule has 0 unspecified atom stereocenters. The van der Waals surface area contributed by atoms with Crippen LogP contribution < -0.4 is 9.64 Å². The number of rotatable bonds is 8. The average molecular weight is 401 g/mol. The largest absolute Gasteiger partial charge is 0.472 e. The van der Waals surface area contributed by atoms with Crippen LogP contribution in [0, 0.1) is 0 Å². The van der Waals surface area contributed by atoms with E-state index < -0.39 is 0 Å². The molecule has 0 N–H and O–H groups in total. The Balaban J connectivity index is 2.04. The second-order valence-corrected chi connectivity index (χ2v) is 9.39. The summed E-state index contributed by atoms with van der Waals surface area (Å²) in [6.07, 6.45) is -0.0524. The van der Waals surface area contributed by atoms with Crippen LogP contribution in [0.5, 0.6) is 5.88 Å². The highest BCUT2D eigenvalue weighted by Gasteiger charge is 2.28. The Labute approximate surface area is 168 Å². The third kappa shape index (κ3) is 7.18. The van der Waals surface area contributed by atoms with Crippen LogP contribution in [-0.4, -0.2) is 76.9 Å². The zero-order valence-corrected chi connectivity index (χ0v) is 18.8. The molecule has 1 aliphatic rings. The standard InChI is InChI=1S/C19H36N4O3S/c1-8-23(18(2,3)4)13-15(26-19(5,6)7)14-25-17-16(20-27-21-17)22-9-11-24-12-10-22/h15H,8-14H2,1-7H3/t15-/m0/s1. The summed E-state index contributed by atoms with van der Waals surface area (Å²) in [6.45, 7) is 20.4. The Morgan fingerprint density at radius 1 is 1.15 bits per heavy atom. The van der Waals surface area contributed by atoms with Crippen LogP contribution in [0.3, 0.4) is 0 Å². The number of morpholine rings is 1. The Hall–Kier alpha value is -0.960. The van der Waals surface area contributed by atoms with E-state index >= 15 is 0 Å². The van der Waals surface area contributed by atoms with Gasteiger partial charge in [0.15, 0.2) is 0 Å². The van der Waals surface area contributed by atoms with Crippen LogP contribution in [0.4, 0.5) is 5.82 Å². The lowest BCUT2D eigenvalue weighted by atomic mass is 10.1. The van der Waals surface area contributed by atoms with Gasteiger partial charge in [-0.3, -0.25) is 4.90 Å². The maximum absolute atomic E-state index is 6.30. The molecule has 0 radical (unpaired) electrons. The second-order valence-electron chi connectivity index (χ2n) is 8.87. The molecule has 0 saturated carbocycles. The van der Waals surface area contributed by atoms with Crippen molar-refractivity contribution in [2.75, 3.05) is 50.9 Å². The van der Waals surface area contributed by atoms with Gasteiger partial charge < -0.3 is 19.1 Å². The van der Waals surface area contributed by atoms with Gasteiger partial charge in [0.05, 0.1) is 30.5 Å². The van der Waals surface area contributed by atoms with Crippen molar-refractivity contribution >= 4 is 17.5 Å². The second kappa shape index (κ2) is 9.49. The number of anilines is 1. The summed E-state index contributed by atoms with van der Waals surface area (Å²) in [6, 6.07) is 0. The number of likely N-dealkylation sites (N-methyl/N-ethyl adjacent to an activating group) is 1. The Bertz CT molecular complexity index is 562. The molecule has 1 saturated heterocycles. The molecule has 1 atom stereocenters. The molecule has 1 aliphatic heterocycles. The number of nitrogens with zero attached hydrogens (tertiary/aromatic N) is 4. The summed E-state index contributed by atoms with van der Waals surface area (Å²) in [7, 11) is 0. The van der Waals surface area contributed by atoms with Gasteiger partial charge in [-0.1, -0.05) is 6.92 Å². The molecule has 156 valence electrons. The first kappa shape index (κ1) is 22.3. The van der Waals surface area contributed by atoms with Gasteiger partial charge in [-0.05, 0) is 48.1 Å². The molecule has 0 spiro atoms. The molecule has 2 rings (SSSR count). The van der Waals surface area contributed by atoms with Crippen molar-refractivity contribution in [3.63, 3.8) is 0 Å². The average Bonchev–Trinajstić information content (AvgIpc) is 3.04. The van der Waals surface area contributed by atoms with E-state index in [1.165, 1.54) is 11.7 Å². The highest BCUT2D eigenvalue weighted by atomic mass is 32.1. The topological polar surface area (TPSA) is 60.0 Å². The van der Waals surface area contributed by atoms with E-state index in [0.29, 0.717) is 25.7 Å². The third-order valence-electron chi connectivity index (χ3n) is 4.43. The Morgan fingerprint density at radius 2 is 1.81 bits per heavy atom. The molecule has 0 amide bonds. The maximum Gasteiger partial charge on any atom is 0.270 e. The van der Waals surface area contributed by atoms with E-state index in [1.54, 1.807) is 0 Å². The summed E-state index contributed by atoms with van der Waals surface area (Å²) in [5, 5.41) is 0. The van der Waals surface area contributed by atoms with Crippen molar-refractivity contribution in [1.29, 1.82) is 0 Å². The first-order valence-corrected chi connectivity index (χ1v) is 10.5. The molecular formula is C19H36N4O3S. The van der Waals surface area contributed by atoms with E-state index in [2.05, 4.69) is 67.0 Å². The fourth-order valence-corrected chi connectivity index (χ4v) is 3.67. The van der Waals surface area contributed by atoms with Crippen molar-refractivity contribution in [3.8, 4) is 5.88 Å². The van der Waals surface area contributed by atoms with Crippen LogP contribution in [0.2, 0.25) is 0 Å². The molecule has 1 fully saturated rings. The molecule has 8 heteroatoms. The van der Waals surface area contributed by atoms with Gasteiger partial charge in [0, 0.05) is 25.2 Å². The van der Waals surface area contributed by atoms with Gasteiger partial charge >= 0.3 is 0 Å². The summed E-state index contributed by atoms with van der Waals surface area (Å²) in [4.78, 5) is 4.59. The van der Waals surface area contributed by atoms with E-state index in [9.17, 15) is 0 Å². The van der Waals surface area contributed by atoms with Crippen molar-refractivity contribution in [2.45, 2.75) is 65.7 Å². The molecule has 1 aromatic heterocycles. The Kier molecular flexibility index (Phi) is 7.85. The normalized spacial score (nSPS) is 17.4. The van der Waals surface area contributed by atoms with Gasteiger partial charge in [0.2, 0.25) is 5.82 Å². The molecule has 0 bridgehead atoms. The zero-order chi connectivity index (χ0) is 20.1. The molecule has 0 aliphatic carbocycles. The maximum atomic E-state index is 6.30. The van der Waals surface area contributed by atoms with E-state index in [0.717, 1.165) is 32.0 Å².